The maximum atomic E-state index is 12.9. The first kappa shape index (κ1) is 45.1. The summed E-state index contributed by atoms with van der Waals surface area (Å²) in [5.41, 5.74) is 5.67. The Balaban J connectivity index is 3.89. The maximum absolute atomic E-state index is 12.9. The number of allylic oxidation sites excluding steroid dienone is 6. The summed E-state index contributed by atoms with van der Waals surface area (Å²) >= 11 is 0. The molecule has 1 atom stereocenters. The largest absolute Gasteiger partial charge is 0.354 e. The number of unbranched alkanes of at least 4 members (excludes halogenated alkanes) is 21. The number of amides is 2. The molecule has 0 heterocycles. The van der Waals surface area contributed by atoms with Crippen LogP contribution in [0.4, 0.5) is 0 Å². The van der Waals surface area contributed by atoms with E-state index in [1.165, 1.54) is 128 Å². The quantitative estimate of drug-likeness (QED) is 0.0463. The standard InChI is InChI=1S/C42H79N3O2/c1-3-5-7-9-11-13-15-17-19-21-23-25-27-29-31-35-39-44-42(47)40(36-33-34-38-43)45-41(46)37-32-30-28-26-24-22-20-18-16-14-12-10-8-6-4-2/h11,13,17-20,40H,3-10,12,14-16,21-39,43H2,1-2H3,(H,44,47)(H,45,46)/b13-11-,19-17-,20-18-. The number of hydrogen-bond donors (Lipinski definition) is 3. The van der Waals surface area contributed by atoms with Crippen LogP contribution in [0, 0.1) is 0 Å². The van der Waals surface area contributed by atoms with Gasteiger partial charge in [0, 0.05) is 13.0 Å². The predicted octanol–water partition coefficient (Wildman–Crippen LogP) is 11.6. The summed E-state index contributed by atoms with van der Waals surface area (Å²) < 4.78 is 0. The van der Waals surface area contributed by atoms with Crippen LogP contribution in [0.1, 0.15) is 200 Å². The lowest BCUT2D eigenvalue weighted by Crippen LogP contribution is -2.47. The van der Waals surface area contributed by atoms with Crippen molar-refractivity contribution in [3.8, 4) is 0 Å². The van der Waals surface area contributed by atoms with Crippen molar-refractivity contribution in [1.82, 2.24) is 10.6 Å². The molecule has 0 aromatic rings. The highest BCUT2D eigenvalue weighted by Gasteiger charge is 2.19. The first-order valence-corrected chi connectivity index (χ1v) is 20.4. The SMILES string of the molecule is CCCCC/C=C\C/C=C\CCCCCCCCNC(=O)C(CCCCN)NC(=O)CCCCCCC/C=C\CCCCCCCC. The zero-order valence-electron chi connectivity index (χ0n) is 31.4. The molecule has 0 spiro atoms. The fourth-order valence-electron chi connectivity index (χ4n) is 5.83. The molecule has 2 amide bonds. The molecule has 0 aromatic carbocycles. The predicted molar refractivity (Wildman–Crippen MR) is 207 cm³/mol. The van der Waals surface area contributed by atoms with Crippen LogP contribution < -0.4 is 16.4 Å². The highest BCUT2D eigenvalue weighted by atomic mass is 16.2. The van der Waals surface area contributed by atoms with Crippen molar-refractivity contribution in [2.24, 2.45) is 5.73 Å². The summed E-state index contributed by atoms with van der Waals surface area (Å²) in [6.45, 7) is 5.82. The lowest BCUT2D eigenvalue weighted by atomic mass is 10.1. The summed E-state index contributed by atoms with van der Waals surface area (Å²) in [6, 6.07) is -0.443. The minimum absolute atomic E-state index is 0.00393. The van der Waals surface area contributed by atoms with Gasteiger partial charge >= 0.3 is 0 Å². The number of nitrogens with two attached hydrogens (primary N) is 1. The molecular weight excluding hydrogens is 578 g/mol. The van der Waals surface area contributed by atoms with Gasteiger partial charge in [0.1, 0.15) is 6.04 Å². The van der Waals surface area contributed by atoms with E-state index in [4.69, 9.17) is 5.73 Å². The van der Waals surface area contributed by atoms with Gasteiger partial charge in [0.15, 0.2) is 0 Å². The van der Waals surface area contributed by atoms with Crippen LogP contribution in [-0.2, 0) is 9.59 Å². The third-order valence-electron chi connectivity index (χ3n) is 8.94. The van der Waals surface area contributed by atoms with E-state index in [2.05, 4.69) is 60.9 Å². The molecule has 0 aliphatic carbocycles. The van der Waals surface area contributed by atoms with Crippen LogP contribution in [0.2, 0.25) is 0 Å². The summed E-state index contributed by atoms with van der Waals surface area (Å²) in [5, 5.41) is 6.10. The summed E-state index contributed by atoms with van der Waals surface area (Å²) in [4.78, 5) is 25.5. The molecule has 5 heteroatoms. The Morgan fingerprint density at radius 1 is 0.532 bits per heavy atom. The van der Waals surface area contributed by atoms with Crippen molar-refractivity contribution >= 4 is 11.8 Å². The van der Waals surface area contributed by atoms with E-state index in [1.54, 1.807) is 0 Å². The van der Waals surface area contributed by atoms with E-state index < -0.39 is 6.04 Å². The summed E-state index contributed by atoms with van der Waals surface area (Å²) in [7, 11) is 0. The van der Waals surface area contributed by atoms with Crippen molar-refractivity contribution in [3.63, 3.8) is 0 Å². The monoisotopic (exact) mass is 658 g/mol. The molecule has 0 rings (SSSR count). The summed E-state index contributed by atoms with van der Waals surface area (Å²) in [5.74, 6) is -0.0354. The van der Waals surface area contributed by atoms with Crippen molar-refractivity contribution in [2.45, 2.75) is 206 Å². The zero-order valence-corrected chi connectivity index (χ0v) is 31.4. The van der Waals surface area contributed by atoms with E-state index in [0.29, 0.717) is 25.9 Å². The second-order valence-electron chi connectivity index (χ2n) is 13.6. The Hall–Kier alpha value is -1.88. The number of nitrogens with one attached hydrogen (secondary N) is 2. The molecule has 0 radical (unpaired) electrons. The average molecular weight is 658 g/mol. The van der Waals surface area contributed by atoms with Crippen molar-refractivity contribution in [3.05, 3.63) is 36.5 Å². The van der Waals surface area contributed by atoms with Crippen LogP contribution in [-0.4, -0.2) is 30.9 Å². The van der Waals surface area contributed by atoms with Gasteiger partial charge in [-0.1, -0.05) is 140 Å². The Kier molecular flexibility index (Phi) is 37.0. The molecule has 0 aliphatic rings. The lowest BCUT2D eigenvalue weighted by molar-refractivity contribution is -0.129. The smallest absolute Gasteiger partial charge is 0.242 e. The number of rotatable bonds is 36. The normalized spacial score (nSPS) is 12.5. The molecule has 0 bridgehead atoms. The van der Waals surface area contributed by atoms with E-state index in [-0.39, 0.29) is 11.8 Å². The van der Waals surface area contributed by atoms with Crippen LogP contribution in [0.25, 0.3) is 0 Å². The van der Waals surface area contributed by atoms with Gasteiger partial charge in [-0.25, -0.2) is 0 Å². The van der Waals surface area contributed by atoms with Crippen LogP contribution in [0.15, 0.2) is 36.5 Å². The zero-order chi connectivity index (χ0) is 34.3. The molecule has 1 unspecified atom stereocenters. The van der Waals surface area contributed by atoms with Gasteiger partial charge in [-0.3, -0.25) is 9.59 Å². The Labute approximate surface area is 292 Å². The highest BCUT2D eigenvalue weighted by Crippen LogP contribution is 2.11. The molecule has 4 N–H and O–H groups in total. The Morgan fingerprint density at radius 2 is 0.979 bits per heavy atom. The molecule has 47 heavy (non-hydrogen) atoms. The van der Waals surface area contributed by atoms with E-state index in [0.717, 1.165) is 44.9 Å². The number of carbonyl (C=O) groups is 2. The van der Waals surface area contributed by atoms with Gasteiger partial charge in [0.25, 0.3) is 0 Å². The van der Waals surface area contributed by atoms with Gasteiger partial charge in [-0.2, -0.15) is 0 Å². The second kappa shape index (κ2) is 38.6. The van der Waals surface area contributed by atoms with Gasteiger partial charge < -0.3 is 16.4 Å². The maximum Gasteiger partial charge on any atom is 0.242 e. The first-order valence-electron chi connectivity index (χ1n) is 20.4. The van der Waals surface area contributed by atoms with Gasteiger partial charge in [0.05, 0.1) is 0 Å². The minimum atomic E-state index is -0.443. The minimum Gasteiger partial charge on any atom is -0.354 e. The van der Waals surface area contributed by atoms with Gasteiger partial charge in [-0.05, 0) is 96.4 Å². The Morgan fingerprint density at radius 3 is 1.53 bits per heavy atom. The molecular formula is C42H79N3O2. The third-order valence-corrected chi connectivity index (χ3v) is 8.94. The molecule has 0 fully saturated rings. The number of carbonyl (C=O) groups excluding carboxylic acids is 2. The van der Waals surface area contributed by atoms with Gasteiger partial charge in [-0.15, -0.1) is 0 Å². The van der Waals surface area contributed by atoms with Crippen molar-refractivity contribution in [2.75, 3.05) is 13.1 Å². The Bertz CT molecular complexity index is 761. The topological polar surface area (TPSA) is 84.2 Å². The van der Waals surface area contributed by atoms with E-state index >= 15 is 0 Å². The van der Waals surface area contributed by atoms with E-state index in [1.807, 2.05) is 0 Å². The molecule has 0 aromatic heterocycles. The lowest BCUT2D eigenvalue weighted by Gasteiger charge is -2.18. The van der Waals surface area contributed by atoms with Crippen molar-refractivity contribution < 1.29 is 9.59 Å². The average Bonchev–Trinajstić information content (AvgIpc) is 3.07. The molecule has 274 valence electrons. The molecule has 0 saturated heterocycles. The van der Waals surface area contributed by atoms with Gasteiger partial charge in [0.2, 0.25) is 11.8 Å². The highest BCUT2D eigenvalue weighted by molar-refractivity contribution is 5.87. The first-order chi connectivity index (χ1) is 23.2. The van der Waals surface area contributed by atoms with E-state index in [9.17, 15) is 9.59 Å². The van der Waals surface area contributed by atoms with Crippen LogP contribution in [0.3, 0.4) is 0 Å². The molecule has 0 aliphatic heterocycles. The fourth-order valence-corrected chi connectivity index (χ4v) is 5.83. The molecule has 0 saturated carbocycles. The third kappa shape index (κ3) is 35.3. The number of hydrogen-bond acceptors (Lipinski definition) is 3. The second-order valence-corrected chi connectivity index (χ2v) is 13.6. The fraction of sp³-hybridized carbons (Fsp3) is 0.810. The van der Waals surface area contributed by atoms with Crippen LogP contribution >= 0.6 is 0 Å². The van der Waals surface area contributed by atoms with Crippen molar-refractivity contribution in [1.29, 1.82) is 0 Å². The molecule has 5 nitrogen and oxygen atoms in total. The van der Waals surface area contributed by atoms with Crippen LogP contribution in [0.5, 0.6) is 0 Å². The summed E-state index contributed by atoms with van der Waals surface area (Å²) in [6.07, 6.45) is 47.6.